The first-order chi connectivity index (χ1) is 13.1. The maximum atomic E-state index is 12.4. The Labute approximate surface area is 157 Å². The van der Waals surface area contributed by atoms with E-state index in [1.165, 1.54) is 7.11 Å². The lowest BCUT2D eigenvalue weighted by molar-refractivity contribution is -0.141. The normalized spacial score (nSPS) is 11.1. The molecule has 27 heavy (non-hydrogen) atoms. The van der Waals surface area contributed by atoms with Gasteiger partial charge in [0.25, 0.3) is 0 Å². The lowest BCUT2D eigenvalue weighted by Gasteiger charge is -2.18. The quantitative estimate of drug-likeness (QED) is 0.691. The van der Waals surface area contributed by atoms with Crippen LogP contribution >= 0.6 is 0 Å². The van der Waals surface area contributed by atoms with Crippen LogP contribution in [0, 0.1) is 0 Å². The number of hydrogen-bond acceptors (Lipinski definition) is 5. The molecule has 0 aliphatic heterocycles. The van der Waals surface area contributed by atoms with Gasteiger partial charge in [-0.3, -0.25) is 9.59 Å². The molecule has 7 heteroatoms. The van der Waals surface area contributed by atoms with Crippen LogP contribution in [0.3, 0.4) is 0 Å². The minimum atomic E-state index is -0.889. The highest BCUT2D eigenvalue weighted by Gasteiger charge is 2.22. The molecule has 1 atom stereocenters. The second-order valence-corrected chi connectivity index (χ2v) is 5.74. The van der Waals surface area contributed by atoms with Gasteiger partial charge in [-0.25, -0.2) is 4.79 Å². The van der Waals surface area contributed by atoms with Gasteiger partial charge in [-0.15, -0.1) is 0 Å². The first-order valence-electron chi connectivity index (χ1n) is 8.44. The number of ether oxygens (including phenoxy) is 2. The third-order valence-corrected chi connectivity index (χ3v) is 3.74. The summed E-state index contributed by atoms with van der Waals surface area (Å²) < 4.78 is 9.67. The molecule has 0 aromatic heterocycles. The maximum Gasteiger partial charge on any atom is 0.408 e. The average Bonchev–Trinajstić information content (AvgIpc) is 2.71. The number of carbonyl (C=O) groups excluding carboxylic acids is 3. The molecule has 0 unspecified atom stereocenters. The summed E-state index contributed by atoms with van der Waals surface area (Å²) in [4.78, 5) is 35.7. The third-order valence-electron chi connectivity index (χ3n) is 3.74. The van der Waals surface area contributed by atoms with E-state index in [4.69, 9.17) is 4.74 Å². The van der Waals surface area contributed by atoms with Gasteiger partial charge in [0.2, 0.25) is 5.91 Å². The fourth-order valence-corrected chi connectivity index (χ4v) is 2.32. The first-order valence-corrected chi connectivity index (χ1v) is 8.44. The highest BCUT2D eigenvalue weighted by Crippen LogP contribution is 2.05. The summed E-state index contributed by atoms with van der Waals surface area (Å²) in [5.41, 5.74) is 1.70. The van der Waals surface area contributed by atoms with E-state index in [9.17, 15) is 14.4 Å². The molecule has 2 rings (SSSR count). The van der Waals surface area contributed by atoms with Gasteiger partial charge in [0.1, 0.15) is 19.2 Å². The van der Waals surface area contributed by atoms with Crippen molar-refractivity contribution in [2.75, 3.05) is 13.7 Å². The number of carbonyl (C=O) groups is 3. The summed E-state index contributed by atoms with van der Waals surface area (Å²) >= 11 is 0. The molecule has 2 aromatic rings. The van der Waals surface area contributed by atoms with Crippen LogP contribution in [0.5, 0.6) is 0 Å². The van der Waals surface area contributed by atoms with E-state index in [2.05, 4.69) is 15.4 Å². The summed E-state index contributed by atoms with van der Waals surface area (Å²) in [6.45, 7) is -0.185. The summed E-state index contributed by atoms with van der Waals surface area (Å²) in [5.74, 6) is -1.07. The molecule has 2 N–H and O–H groups in total. The van der Waals surface area contributed by atoms with Gasteiger partial charge in [0.15, 0.2) is 0 Å². The fourth-order valence-electron chi connectivity index (χ4n) is 2.32. The van der Waals surface area contributed by atoms with Crippen LogP contribution in [0.1, 0.15) is 11.1 Å². The highest BCUT2D eigenvalue weighted by molar-refractivity contribution is 5.88. The molecule has 2 aromatic carbocycles. The molecule has 0 bridgehead atoms. The van der Waals surface area contributed by atoms with Gasteiger partial charge < -0.3 is 20.1 Å². The molecule has 0 saturated carbocycles. The molecule has 0 fully saturated rings. The van der Waals surface area contributed by atoms with E-state index >= 15 is 0 Å². The van der Waals surface area contributed by atoms with E-state index < -0.39 is 24.0 Å². The Balaban J connectivity index is 1.96. The zero-order chi connectivity index (χ0) is 19.5. The van der Waals surface area contributed by atoms with Crippen LogP contribution in [0.2, 0.25) is 0 Å². The second-order valence-electron chi connectivity index (χ2n) is 5.74. The van der Waals surface area contributed by atoms with E-state index in [1.54, 1.807) is 0 Å². The van der Waals surface area contributed by atoms with Gasteiger partial charge in [-0.2, -0.15) is 0 Å². The average molecular weight is 370 g/mol. The zero-order valence-electron chi connectivity index (χ0n) is 15.0. The second kappa shape index (κ2) is 10.6. The number of rotatable bonds is 8. The van der Waals surface area contributed by atoms with Crippen LogP contribution in [-0.2, 0) is 32.1 Å². The van der Waals surface area contributed by atoms with Crippen LogP contribution in [-0.4, -0.2) is 37.7 Å². The molecule has 7 nitrogen and oxygen atoms in total. The van der Waals surface area contributed by atoms with E-state index in [-0.39, 0.29) is 19.6 Å². The van der Waals surface area contributed by atoms with Crippen LogP contribution in [0.15, 0.2) is 60.7 Å². The minimum absolute atomic E-state index is 0.0918. The number of benzene rings is 2. The third kappa shape index (κ3) is 7.19. The predicted molar refractivity (Wildman–Crippen MR) is 98.7 cm³/mol. The molecule has 0 aliphatic rings. The van der Waals surface area contributed by atoms with Crippen molar-refractivity contribution >= 4 is 18.0 Å². The van der Waals surface area contributed by atoms with Gasteiger partial charge in [0, 0.05) is 6.42 Å². The van der Waals surface area contributed by atoms with Crippen LogP contribution < -0.4 is 10.6 Å². The molecular formula is C20H22N2O5. The zero-order valence-corrected chi connectivity index (χ0v) is 15.0. The molecular weight excluding hydrogens is 348 g/mol. The monoisotopic (exact) mass is 370 g/mol. The molecule has 0 saturated heterocycles. The molecule has 2 amide bonds. The number of amides is 2. The first kappa shape index (κ1) is 20.0. The van der Waals surface area contributed by atoms with Crippen molar-refractivity contribution in [2.24, 2.45) is 0 Å². The van der Waals surface area contributed by atoms with Gasteiger partial charge in [-0.05, 0) is 11.1 Å². The molecule has 0 radical (unpaired) electrons. The largest absolute Gasteiger partial charge is 0.468 e. The number of esters is 1. The topological polar surface area (TPSA) is 93.7 Å². The minimum Gasteiger partial charge on any atom is -0.468 e. The standard InChI is InChI=1S/C20H22N2O5/c1-26-18(23)13-21-19(24)17(12-15-8-4-2-5-9-15)22-20(25)27-14-16-10-6-3-7-11-16/h2-11,17H,12-14H2,1H3,(H,21,24)(H,22,25)/t17-/m1/s1. The summed E-state index contributed by atoms with van der Waals surface area (Å²) in [6.07, 6.45) is -0.457. The van der Waals surface area contributed by atoms with Crippen molar-refractivity contribution < 1.29 is 23.9 Å². The molecule has 0 heterocycles. The Morgan fingerprint density at radius 2 is 1.52 bits per heavy atom. The number of nitrogens with one attached hydrogen (secondary N) is 2. The number of hydrogen-bond donors (Lipinski definition) is 2. The SMILES string of the molecule is COC(=O)CNC(=O)[C@@H](Cc1ccccc1)NC(=O)OCc1ccccc1. The Bertz CT molecular complexity index is 749. The summed E-state index contributed by atoms with van der Waals surface area (Å²) in [5, 5.41) is 5.00. The van der Waals surface area contributed by atoms with Crippen molar-refractivity contribution in [1.29, 1.82) is 0 Å². The van der Waals surface area contributed by atoms with Crippen molar-refractivity contribution in [2.45, 2.75) is 19.1 Å². The molecule has 142 valence electrons. The predicted octanol–water partition coefficient (Wildman–Crippen LogP) is 1.81. The maximum absolute atomic E-state index is 12.4. The Morgan fingerprint density at radius 3 is 2.11 bits per heavy atom. The van der Waals surface area contributed by atoms with Gasteiger partial charge in [-0.1, -0.05) is 60.7 Å². The van der Waals surface area contributed by atoms with Gasteiger partial charge in [0.05, 0.1) is 7.11 Å². The number of methoxy groups -OCH3 is 1. The highest BCUT2D eigenvalue weighted by atomic mass is 16.5. The lowest BCUT2D eigenvalue weighted by atomic mass is 10.1. The number of alkyl carbamates (subject to hydrolysis) is 1. The van der Waals surface area contributed by atoms with E-state index in [1.807, 2.05) is 60.7 Å². The van der Waals surface area contributed by atoms with Crippen molar-refractivity contribution in [1.82, 2.24) is 10.6 Å². The van der Waals surface area contributed by atoms with Crippen molar-refractivity contribution in [3.05, 3.63) is 71.8 Å². The Morgan fingerprint density at radius 1 is 0.926 bits per heavy atom. The Kier molecular flexibility index (Phi) is 7.84. The van der Waals surface area contributed by atoms with Crippen LogP contribution in [0.25, 0.3) is 0 Å². The van der Waals surface area contributed by atoms with Crippen molar-refractivity contribution in [3.63, 3.8) is 0 Å². The van der Waals surface area contributed by atoms with Crippen molar-refractivity contribution in [3.8, 4) is 0 Å². The smallest absolute Gasteiger partial charge is 0.408 e. The summed E-state index contributed by atoms with van der Waals surface area (Å²) in [6, 6.07) is 17.6. The van der Waals surface area contributed by atoms with Crippen LogP contribution in [0.4, 0.5) is 4.79 Å². The Hall–Kier alpha value is -3.35. The lowest BCUT2D eigenvalue weighted by Crippen LogP contribution is -2.49. The fraction of sp³-hybridized carbons (Fsp3) is 0.250. The van der Waals surface area contributed by atoms with E-state index in [0.717, 1.165) is 11.1 Å². The summed E-state index contributed by atoms with van der Waals surface area (Å²) in [7, 11) is 1.23. The molecule has 0 spiro atoms. The van der Waals surface area contributed by atoms with E-state index in [0.29, 0.717) is 0 Å². The van der Waals surface area contributed by atoms with Gasteiger partial charge >= 0.3 is 12.1 Å². The molecule has 0 aliphatic carbocycles.